The molecule has 32 heavy (non-hydrogen) atoms. The van der Waals surface area contributed by atoms with Gasteiger partial charge in [-0.2, -0.15) is 0 Å². The highest BCUT2D eigenvalue weighted by Crippen LogP contribution is 2.37. The SMILES string of the molecule is COC(C)(CCCC1CN(c2c(C)cc(C)cc2C)CN1c1c(C)cc(C)cc1C)OC. The second-order valence-corrected chi connectivity index (χ2v) is 9.92. The smallest absolute Gasteiger partial charge is 0.164 e. The summed E-state index contributed by atoms with van der Waals surface area (Å²) in [6, 6.07) is 9.71. The quantitative estimate of drug-likeness (QED) is 0.447. The molecule has 4 nitrogen and oxygen atoms in total. The average Bonchev–Trinajstić information content (AvgIpc) is 3.09. The zero-order valence-electron chi connectivity index (χ0n) is 21.6. The minimum Gasteiger partial charge on any atom is -0.353 e. The first-order chi connectivity index (χ1) is 15.1. The van der Waals surface area contributed by atoms with Crippen LogP contribution >= 0.6 is 0 Å². The van der Waals surface area contributed by atoms with E-state index < -0.39 is 5.79 Å². The number of benzene rings is 2. The summed E-state index contributed by atoms with van der Waals surface area (Å²) in [4.78, 5) is 5.22. The van der Waals surface area contributed by atoms with Crippen molar-refractivity contribution in [2.45, 2.75) is 79.6 Å². The highest BCUT2D eigenvalue weighted by atomic mass is 16.7. The molecule has 0 aromatic heterocycles. The maximum atomic E-state index is 5.60. The fourth-order valence-electron chi connectivity index (χ4n) is 5.62. The van der Waals surface area contributed by atoms with E-state index in [1.807, 2.05) is 6.92 Å². The highest BCUT2D eigenvalue weighted by molar-refractivity contribution is 5.67. The minimum atomic E-state index is -0.511. The van der Waals surface area contributed by atoms with Crippen molar-refractivity contribution in [3.63, 3.8) is 0 Å². The summed E-state index contributed by atoms with van der Waals surface area (Å²) in [5.41, 5.74) is 10.9. The lowest BCUT2D eigenvalue weighted by atomic mass is 10.0. The zero-order valence-corrected chi connectivity index (χ0v) is 21.6. The number of hydrogen-bond donors (Lipinski definition) is 0. The molecule has 0 aliphatic carbocycles. The molecule has 0 spiro atoms. The summed E-state index contributed by atoms with van der Waals surface area (Å²) in [5, 5.41) is 0. The molecule has 0 saturated carbocycles. The Morgan fingerprint density at radius 1 is 0.812 bits per heavy atom. The molecular formula is C28H42N2O2. The Morgan fingerprint density at radius 2 is 1.28 bits per heavy atom. The van der Waals surface area contributed by atoms with E-state index in [0.29, 0.717) is 6.04 Å². The third kappa shape index (κ3) is 5.13. The fourth-order valence-corrected chi connectivity index (χ4v) is 5.62. The van der Waals surface area contributed by atoms with Gasteiger partial charge in [0.25, 0.3) is 0 Å². The maximum absolute atomic E-state index is 5.60. The summed E-state index contributed by atoms with van der Waals surface area (Å²) in [6.45, 7) is 17.4. The van der Waals surface area contributed by atoms with Crippen molar-refractivity contribution in [3.05, 3.63) is 57.6 Å². The minimum absolute atomic E-state index is 0.452. The van der Waals surface area contributed by atoms with E-state index in [1.54, 1.807) is 14.2 Å². The molecule has 1 saturated heterocycles. The summed E-state index contributed by atoms with van der Waals surface area (Å²) in [5.74, 6) is -0.511. The zero-order chi connectivity index (χ0) is 23.6. The molecule has 4 heteroatoms. The Morgan fingerprint density at radius 3 is 1.75 bits per heavy atom. The lowest BCUT2D eigenvalue weighted by Gasteiger charge is -2.31. The molecule has 1 heterocycles. The largest absolute Gasteiger partial charge is 0.353 e. The average molecular weight is 439 g/mol. The molecule has 1 aliphatic heterocycles. The molecule has 1 aliphatic rings. The van der Waals surface area contributed by atoms with Crippen LogP contribution in [-0.2, 0) is 9.47 Å². The molecule has 2 aromatic carbocycles. The summed E-state index contributed by atoms with van der Waals surface area (Å²) in [7, 11) is 3.46. The molecule has 2 aromatic rings. The topological polar surface area (TPSA) is 24.9 Å². The Kier molecular flexibility index (Phi) is 7.57. The Labute approximate surface area is 195 Å². The second-order valence-electron chi connectivity index (χ2n) is 9.92. The number of anilines is 2. The van der Waals surface area contributed by atoms with Crippen LogP contribution in [0.4, 0.5) is 11.4 Å². The van der Waals surface area contributed by atoms with E-state index in [4.69, 9.17) is 9.47 Å². The van der Waals surface area contributed by atoms with Crippen molar-refractivity contribution in [3.8, 4) is 0 Å². The molecule has 0 radical (unpaired) electrons. The highest BCUT2D eigenvalue weighted by Gasteiger charge is 2.34. The van der Waals surface area contributed by atoms with Gasteiger partial charge in [0, 0.05) is 44.6 Å². The Balaban J connectivity index is 1.92. The Bertz CT molecular complexity index is 902. The van der Waals surface area contributed by atoms with Gasteiger partial charge in [0.1, 0.15) is 0 Å². The number of aryl methyl sites for hydroxylation is 6. The van der Waals surface area contributed by atoms with E-state index in [0.717, 1.165) is 32.5 Å². The van der Waals surface area contributed by atoms with Crippen molar-refractivity contribution < 1.29 is 9.47 Å². The van der Waals surface area contributed by atoms with Gasteiger partial charge < -0.3 is 19.3 Å². The number of ether oxygens (including phenoxy) is 2. The number of rotatable bonds is 8. The third-order valence-electron chi connectivity index (χ3n) is 7.10. The molecule has 1 unspecified atom stereocenters. The summed E-state index contributed by atoms with van der Waals surface area (Å²) < 4.78 is 11.2. The normalized spacial score (nSPS) is 16.8. The summed E-state index contributed by atoms with van der Waals surface area (Å²) >= 11 is 0. The number of hydrogen-bond acceptors (Lipinski definition) is 4. The molecule has 1 atom stereocenters. The van der Waals surface area contributed by atoms with Gasteiger partial charge in [-0.05, 0) is 83.6 Å². The van der Waals surface area contributed by atoms with Gasteiger partial charge in [-0.25, -0.2) is 0 Å². The van der Waals surface area contributed by atoms with Crippen LogP contribution in [0.1, 0.15) is 59.6 Å². The van der Waals surface area contributed by atoms with Gasteiger partial charge in [-0.1, -0.05) is 35.4 Å². The van der Waals surface area contributed by atoms with E-state index >= 15 is 0 Å². The van der Waals surface area contributed by atoms with Gasteiger partial charge in [-0.15, -0.1) is 0 Å². The van der Waals surface area contributed by atoms with Crippen LogP contribution in [-0.4, -0.2) is 39.3 Å². The molecule has 176 valence electrons. The van der Waals surface area contributed by atoms with Crippen molar-refractivity contribution >= 4 is 11.4 Å². The summed E-state index contributed by atoms with van der Waals surface area (Å²) in [6.07, 6.45) is 3.05. The van der Waals surface area contributed by atoms with E-state index in [-0.39, 0.29) is 0 Å². The van der Waals surface area contributed by atoms with Crippen molar-refractivity contribution in [1.29, 1.82) is 0 Å². The van der Waals surface area contributed by atoms with Crippen LogP contribution in [0, 0.1) is 41.5 Å². The van der Waals surface area contributed by atoms with Crippen molar-refractivity contribution in [1.82, 2.24) is 0 Å². The number of nitrogens with zero attached hydrogens (tertiary/aromatic N) is 2. The molecule has 0 N–H and O–H groups in total. The van der Waals surface area contributed by atoms with Gasteiger partial charge >= 0.3 is 0 Å². The predicted octanol–water partition coefficient (Wildman–Crippen LogP) is 6.37. The molecule has 0 bridgehead atoms. The van der Waals surface area contributed by atoms with Crippen LogP contribution in [0.25, 0.3) is 0 Å². The monoisotopic (exact) mass is 438 g/mol. The van der Waals surface area contributed by atoms with Crippen LogP contribution in [0.3, 0.4) is 0 Å². The standard InChI is InChI=1S/C28H42N2O2/c1-19-13-21(3)26(22(4)14-19)29-17-25(11-10-12-28(7,31-8)32-9)30(18-29)27-23(5)15-20(2)16-24(27)6/h13-16,25H,10-12,17-18H2,1-9H3. The first-order valence-corrected chi connectivity index (χ1v) is 11.9. The second kappa shape index (κ2) is 9.84. The van der Waals surface area contributed by atoms with E-state index in [2.05, 4.69) is 75.6 Å². The maximum Gasteiger partial charge on any atom is 0.164 e. The van der Waals surface area contributed by atoms with Gasteiger partial charge in [0.2, 0.25) is 0 Å². The molecule has 1 fully saturated rings. The predicted molar refractivity (Wildman–Crippen MR) is 136 cm³/mol. The van der Waals surface area contributed by atoms with E-state index in [1.165, 1.54) is 44.8 Å². The van der Waals surface area contributed by atoms with Gasteiger partial charge in [0.05, 0.1) is 6.67 Å². The molecule has 0 amide bonds. The Hall–Kier alpha value is -2.04. The first kappa shape index (κ1) is 24.6. The first-order valence-electron chi connectivity index (χ1n) is 11.9. The lowest BCUT2D eigenvalue weighted by molar-refractivity contribution is -0.197. The third-order valence-corrected chi connectivity index (χ3v) is 7.10. The van der Waals surface area contributed by atoms with Crippen molar-refractivity contribution in [2.24, 2.45) is 0 Å². The van der Waals surface area contributed by atoms with Gasteiger partial charge in [0.15, 0.2) is 5.79 Å². The van der Waals surface area contributed by atoms with Crippen LogP contribution in [0.5, 0.6) is 0 Å². The lowest BCUT2D eigenvalue weighted by Crippen LogP contribution is -2.34. The van der Waals surface area contributed by atoms with Crippen LogP contribution < -0.4 is 9.80 Å². The van der Waals surface area contributed by atoms with Crippen LogP contribution in [0.15, 0.2) is 24.3 Å². The fraction of sp³-hybridized carbons (Fsp3) is 0.571. The molecular weight excluding hydrogens is 396 g/mol. The number of methoxy groups -OCH3 is 2. The van der Waals surface area contributed by atoms with Gasteiger partial charge in [-0.3, -0.25) is 0 Å². The van der Waals surface area contributed by atoms with E-state index in [9.17, 15) is 0 Å². The van der Waals surface area contributed by atoms with Crippen LogP contribution in [0.2, 0.25) is 0 Å². The molecule has 3 rings (SSSR count). The van der Waals surface area contributed by atoms with Crippen molar-refractivity contribution in [2.75, 3.05) is 37.2 Å².